The molecule has 2 aromatic carbocycles. The molecule has 6 nitrogen and oxygen atoms in total. The molecule has 7 heteroatoms. The number of nitrogens with zero attached hydrogens (tertiary/aromatic N) is 1. The van der Waals surface area contributed by atoms with E-state index in [1.807, 2.05) is 37.3 Å². The Balaban J connectivity index is 2.05. The van der Waals surface area contributed by atoms with Crippen LogP contribution in [-0.4, -0.2) is 33.4 Å². The normalized spacial score (nSPS) is 12.4. The van der Waals surface area contributed by atoms with Gasteiger partial charge in [0.2, 0.25) is 10.0 Å². The van der Waals surface area contributed by atoms with Crippen molar-refractivity contribution in [2.24, 2.45) is 0 Å². The molecule has 2 amide bonds. The molecule has 1 unspecified atom stereocenters. The SMILES string of the molecule is CNS(=O)(=O)c1cccc(C(C)NC(=O)N(C)Cc2ccccc2)c1. The van der Waals surface area contributed by atoms with Gasteiger partial charge in [-0.05, 0) is 37.2 Å². The molecule has 0 spiro atoms. The molecular formula is C18H23N3O3S. The highest BCUT2D eigenvalue weighted by Gasteiger charge is 2.16. The van der Waals surface area contributed by atoms with Gasteiger partial charge in [-0.1, -0.05) is 42.5 Å². The van der Waals surface area contributed by atoms with E-state index in [-0.39, 0.29) is 17.0 Å². The third-order valence-electron chi connectivity index (χ3n) is 3.89. The Labute approximate surface area is 148 Å². The molecule has 0 bridgehead atoms. The lowest BCUT2D eigenvalue weighted by Crippen LogP contribution is -2.38. The summed E-state index contributed by atoms with van der Waals surface area (Å²) < 4.78 is 26.1. The molecule has 1 atom stereocenters. The standard InChI is InChI=1S/C18H23N3O3S/c1-14(16-10-7-11-17(12-16)25(23,24)19-2)20-18(22)21(3)13-15-8-5-4-6-9-15/h4-12,14,19H,13H2,1-3H3,(H,20,22). The van der Waals surface area contributed by atoms with Crippen molar-refractivity contribution in [1.29, 1.82) is 0 Å². The lowest BCUT2D eigenvalue weighted by atomic mass is 10.1. The van der Waals surface area contributed by atoms with Gasteiger partial charge in [-0.25, -0.2) is 17.9 Å². The third-order valence-corrected chi connectivity index (χ3v) is 5.30. The number of sulfonamides is 1. The van der Waals surface area contributed by atoms with Crippen LogP contribution < -0.4 is 10.0 Å². The summed E-state index contributed by atoms with van der Waals surface area (Å²) >= 11 is 0. The van der Waals surface area contributed by atoms with E-state index in [4.69, 9.17) is 0 Å². The topological polar surface area (TPSA) is 78.5 Å². The van der Waals surface area contributed by atoms with Crippen molar-refractivity contribution in [1.82, 2.24) is 14.9 Å². The maximum Gasteiger partial charge on any atom is 0.317 e. The van der Waals surface area contributed by atoms with Crippen LogP contribution >= 0.6 is 0 Å². The lowest BCUT2D eigenvalue weighted by molar-refractivity contribution is 0.203. The van der Waals surface area contributed by atoms with E-state index in [2.05, 4.69) is 10.0 Å². The summed E-state index contributed by atoms with van der Waals surface area (Å²) in [5, 5.41) is 2.88. The van der Waals surface area contributed by atoms with E-state index >= 15 is 0 Å². The van der Waals surface area contributed by atoms with Gasteiger partial charge in [0.05, 0.1) is 10.9 Å². The first-order valence-electron chi connectivity index (χ1n) is 7.92. The molecule has 0 saturated carbocycles. The van der Waals surface area contributed by atoms with Crippen LogP contribution in [0, 0.1) is 0 Å². The number of nitrogens with one attached hydrogen (secondary N) is 2. The number of carbonyl (C=O) groups is 1. The molecule has 2 rings (SSSR count). The van der Waals surface area contributed by atoms with Crippen molar-refractivity contribution in [2.45, 2.75) is 24.4 Å². The van der Waals surface area contributed by atoms with Crippen LogP contribution in [0.15, 0.2) is 59.5 Å². The highest BCUT2D eigenvalue weighted by molar-refractivity contribution is 7.89. The Morgan fingerprint density at radius 3 is 2.44 bits per heavy atom. The van der Waals surface area contributed by atoms with Crippen molar-refractivity contribution in [3.05, 3.63) is 65.7 Å². The van der Waals surface area contributed by atoms with Gasteiger partial charge in [-0.3, -0.25) is 0 Å². The third kappa shape index (κ3) is 5.04. The van der Waals surface area contributed by atoms with Crippen molar-refractivity contribution >= 4 is 16.1 Å². The van der Waals surface area contributed by atoms with Gasteiger partial charge in [0.1, 0.15) is 0 Å². The first kappa shape index (κ1) is 19.0. The summed E-state index contributed by atoms with van der Waals surface area (Å²) in [7, 11) is -0.427. The van der Waals surface area contributed by atoms with Gasteiger partial charge < -0.3 is 10.2 Å². The zero-order valence-corrected chi connectivity index (χ0v) is 15.4. The minimum absolute atomic E-state index is 0.172. The van der Waals surface area contributed by atoms with E-state index < -0.39 is 10.0 Å². The minimum atomic E-state index is -3.51. The van der Waals surface area contributed by atoms with E-state index in [1.165, 1.54) is 13.1 Å². The number of urea groups is 1. The number of carbonyl (C=O) groups excluding carboxylic acids is 1. The molecule has 0 aliphatic carbocycles. The zero-order valence-electron chi connectivity index (χ0n) is 14.6. The average Bonchev–Trinajstić information content (AvgIpc) is 2.62. The van der Waals surface area contributed by atoms with E-state index in [9.17, 15) is 13.2 Å². The Morgan fingerprint density at radius 2 is 1.80 bits per heavy atom. The summed E-state index contributed by atoms with van der Waals surface area (Å²) in [5.41, 5.74) is 1.76. The van der Waals surface area contributed by atoms with Gasteiger partial charge in [0.15, 0.2) is 0 Å². The van der Waals surface area contributed by atoms with Crippen LogP contribution in [0.1, 0.15) is 24.1 Å². The van der Waals surface area contributed by atoms with Crippen molar-refractivity contribution in [3.63, 3.8) is 0 Å². The van der Waals surface area contributed by atoms with Crippen LogP contribution in [0.3, 0.4) is 0 Å². The zero-order chi connectivity index (χ0) is 18.4. The molecule has 2 aromatic rings. The smallest absolute Gasteiger partial charge is 0.317 e. The molecule has 0 fully saturated rings. The molecule has 0 heterocycles. The number of benzene rings is 2. The summed E-state index contributed by atoms with van der Waals surface area (Å²) in [6.45, 7) is 2.31. The van der Waals surface area contributed by atoms with Crippen LogP contribution in [0.5, 0.6) is 0 Å². The minimum Gasteiger partial charge on any atom is -0.331 e. The Hall–Kier alpha value is -2.38. The second kappa shape index (κ2) is 8.13. The fourth-order valence-corrected chi connectivity index (χ4v) is 3.16. The molecule has 2 N–H and O–H groups in total. The highest BCUT2D eigenvalue weighted by atomic mass is 32.2. The second-order valence-corrected chi connectivity index (χ2v) is 7.68. The number of amides is 2. The fourth-order valence-electron chi connectivity index (χ4n) is 2.38. The van der Waals surface area contributed by atoms with E-state index in [0.717, 1.165) is 11.1 Å². The molecule has 0 aromatic heterocycles. The molecular weight excluding hydrogens is 338 g/mol. The van der Waals surface area contributed by atoms with E-state index in [0.29, 0.717) is 6.54 Å². The summed E-state index contributed by atoms with van der Waals surface area (Å²) in [5.74, 6) is 0. The molecule has 25 heavy (non-hydrogen) atoms. The lowest BCUT2D eigenvalue weighted by Gasteiger charge is -2.22. The maximum absolute atomic E-state index is 12.4. The summed E-state index contributed by atoms with van der Waals surface area (Å²) in [4.78, 5) is 14.1. The average molecular weight is 361 g/mol. The predicted octanol–water partition coefficient (Wildman–Crippen LogP) is 2.50. The van der Waals surface area contributed by atoms with Crippen molar-refractivity contribution in [3.8, 4) is 0 Å². The van der Waals surface area contributed by atoms with Gasteiger partial charge in [-0.15, -0.1) is 0 Å². The predicted molar refractivity (Wildman–Crippen MR) is 97.5 cm³/mol. The maximum atomic E-state index is 12.4. The van der Waals surface area contributed by atoms with Crippen LogP contribution in [0.4, 0.5) is 4.79 Å². The Bertz CT molecular complexity index is 822. The van der Waals surface area contributed by atoms with Gasteiger partial charge in [-0.2, -0.15) is 0 Å². The van der Waals surface area contributed by atoms with Crippen LogP contribution in [0.2, 0.25) is 0 Å². The Morgan fingerprint density at radius 1 is 1.12 bits per heavy atom. The van der Waals surface area contributed by atoms with Gasteiger partial charge in [0.25, 0.3) is 0 Å². The van der Waals surface area contributed by atoms with Crippen LogP contribution in [0.25, 0.3) is 0 Å². The second-order valence-electron chi connectivity index (χ2n) is 5.79. The number of rotatable bonds is 6. The van der Waals surface area contributed by atoms with Crippen LogP contribution in [-0.2, 0) is 16.6 Å². The molecule has 0 aliphatic heterocycles. The largest absolute Gasteiger partial charge is 0.331 e. The monoisotopic (exact) mass is 361 g/mol. The first-order valence-corrected chi connectivity index (χ1v) is 9.41. The first-order chi connectivity index (χ1) is 11.8. The number of hydrogen-bond donors (Lipinski definition) is 2. The summed E-state index contributed by atoms with van der Waals surface area (Å²) in [6.07, 6.45) is 0. The number of hydrogen-bond acceptors (Lipinski definition) is 3. The quantitative estimate of drug-likeness (QED) is 0.830. The Kier molecular flexibility index (Phi) is 6.17. The van der Waals surface area contributed by atoms with Gasteiger partial charge in [0, 0.05) is 13.6 Å². The summed E-state index contributed by atoms with van der Waals surface area (Å²) in [6, 6.07) is 15.7. The molecule has 134 valence electrons. The van der Waals surface area contributed by atoms with Gasteiger partial charge >= 0.3 is 6.03 Å². The molecule has 0 aliphatic rings. The fraction of sp³-hybridized carbons (Fsp3) is 0.278. The van der Waals surface area contributed by atoms with Crippen molar-refractivity contribution < 1.29 is 13.2 Å². The molecule has 0 radical (unpaired) electrons. The molecule has 0 saturated heterocycles. The van der Waals surface area contributed by atoms with Crippen molar-refractivity contribution in [2.75, 3.05) is 14.1 Å². The van der Waals surface area contributed by atoms with E-state index in [1.54, 1.807) is 30.1 Å². The highest BCUT2D eigenvalue weighted by Crippen LogP contribution is 2.17.